The fraction of sp³-hybridized carbons (Fsp3) is 0.571. The molecule has 1 rings (SSSR count). The van der Waals surface area contributed by atoms with Gasteiger partial charge in [0.15, 0.2) is 5.75 Å². The van der Waals surface area contributed by atoms with Crippen LogP contribution in [-0.2, 0) is 6.42 Å². The molecule has 0 fully saturated rings. The van der Waals surface area contributed by atoms with Gasteiger partial charge in [-0.1, -0.05) is 42.8 Å². The number of nitro groups is 1. The largest absolute Gasteiger partial charge is 0.486 e. The Bertz CT molecular complexity index is 435. The molecule has 0 saturated heterocycles. The predicted octanol–water partition coefficient (Wildman–Crippen LogP) is 4.20. The van der Waals surface area contributed by atoms with E-state index in [0.29, 0.717) is 24.2 Å². The number of aryl methyl sites for hydroxylation is 1. The van der Waals surface area contributed by atoms with Crippen LogP contribution in [-0.4, -0.2) is 16.9 Å². The van der Waals surface area contributed by atoms with Crippen molar-refractivity contribution < 1.29 is 9.66 Å². The van der Waals surface area contributed by atoms with Gasteiger partial charge in [0.25, 0.3) is 0 Å². The molecule has 0 spiro atoms. The first kappa shape index (κ1) is 16.0. The molecule has 1 aromatic rings. The van der Waals surface area contributed by atoms with E-state index in [9.17, 15) is 10.1 Å². The lowest BCUT2D eigenvalue weighted by molar-refractivity contribution is -0.386. The second kappa shape index (κ2) is 7.48. The first-order valence-corrected chi connectivity index (χ1v) is 7.57. The number of benzene rings is 1. The summed E-state index contributed by atoms with van der Waals surface area (Å²) in [6, 6.07) is 5.16. The van der Waals surface area contributed by atoms with Gasteiger partial charge in [-0.3, -0.25) is 10.1 Å². The Hall–Kier alpha value is -1.10. The molecule has 1 unspecified atom stereocenters. The highest BCUT2D eigenvalue weighted by molar-refractivity contribution is 9.09. The molecule has 0 aliphatic carbocycles. The van der Waals surface area contributed by atoms with Crippen molar-refractivity contribution in [1.82, 2.24) is 0 Å². The van der Waals surface area contributed by atoms with Crippen LogP contribution in [0.3, 0.4) is 0 Å². The summed E-state index contributed by atoms with van der Waals surface area (Å²) in [6.07, 6.45) is 0.775. The van der Waals surface area contributed by atoms with E-state index in [1.54, 1.807) is 12.1 Å². The minimum atomic E-state index is -0.382. The highest BCUT2D eigenvalue weighted by Crippen LogP contribution is 2.29. The second-order valence-electron chi connectivity index (χ2n) is 4.88. The van der Waals surface area contributed by atoms with Gasteiger partial charge in [0.05, 0.1) is 11.5 Å². The van der Waals surface area contributed by atoms with Gasteiger partial charge in [0.1, 0.15) is 0 Å². The third-order valence-electron chi connectivity index (χ3n) is 3.22. The van der Waals surface area contributed by atoms with Crippen molar-refractivity contribution in [1.29, 1.82) is 0 Å². The molecule has 0 saturated carbocycles. The molecule has 19 heavy (non-hydrogen) atoms. The van der Waals surface area contributed by atoms with Gasteiger partial charge < -0.3 is 4.74 Å². The Kier molecular flexibility index (Phi) is 6.28. The summed E-state index contributed by atoms with van der Waals surface area (Å²) in [5.74, 6) is 1.16. The van der Waals surface area contributed by atoms with Crippen molar-refractivity contribution in [2.24, 2.45) is 11.8 Å². The molecular formula is C14H20BrNO3. The third-order valence-corrected chi connectivity index (χ3v) is 4.05. The molecule has 4 nitrogen and oxygen atoms in total. The Morgan fingerprint density at radius 3 is 2.58 bits per heavy atom. The number of nitro benzene ring substituents is 1. The van der Waals surface area contributed by atoms with E-state index in [2.05, 4.69) is 29.8 Å². The zero-order valence-electron chi connectivity index (χ0n) is 11.6. The van der Waals surface area contributed by atoms with Crippen LogP contribution in [0, 0.1) is 22.0 Å². The summed E-state index contributed by atoms with van der Waals surface area (Å²) in [6.45, 7) is 6.68. The average molecular weight is 330 g/mol. The number of alkyl halides is 1. The van der Waals surface area contributed by atoms with Gasteiger partial charge in [-0.2, -0.15) is 0 Å². The first-order valence-electron chi connectivity index (χ1n) is 6.45. The van der Waals surface area contributed by atoms with Crippen molar-refractivity contribution in [3.63, 3.8) is 0 Å². The fourth-order valence-electron chi connectivity index (χ4n) is 1.66. The van der Waals surface area contributed by atoms with Crippen molar-refractivity contribution in [3.05, 3.63) is 33.9 Å². The first-order chi connectivity index (χ1) is 8.99. The van der Waals surface area contributed by atoms with Crippen LogP contribution in [0.15, 0.2) is 18.2 Å². The maximum absolute atomic E-state index is 11.1. The van der Waals surface area contributed by atoms with E-state index < -0.39 is 0 Å². The molecule has 0 bridgehead atoms. The molecule has 0 N–H and O–H groups in total. The number of hydrogen-bond acceptors (Lipinski definition) is 3. The molecule has 0 aromatic heterocycles. The zero-order chi connectivity index (χ0) is 14.4. The van der Waals surface area contributed by atoms with Gasteiger partial charge in [0.2, 0.25) is 0 Å². The van der Waals surface area contributed by atoms with Gasteiger partial charge in [-0.15, -0.1) is 0 Å². The van der Waals surface area contributed by atoms with E-state index in [1.807, 2.05) is 13.0 Å². The average Bonchev–Trinajstić information content (AvgIpc) is 2.38. The monoisotopic (exact) mass is 329 g/mol. The van der Waals surface area contributed by atoms with Crippen LogP contribution in [0.4, 0.5) is 5.69 Å². The second-order valence-corrected chi connectivity index (χ2v) is 5.53. The number of halogens is 1. The van der Waals surface area contributed by atoms with Gasteiger partial charge in [-0.25, -0.2) is 0 Å². The Labute approximate surface area is 122 Å². The lowest BCUT2D eigenvalue weighted by Crippen LogP contribution is -2.19. The van der Waals surface area contributed by atoms with Crippen LogP contribution < -0.4 is 4.74 Å². The lowest BCUT2D eigenvalue weighted by Gasteiger charge is -2.18. The normalized spacial score (nSPS) is 12.5. The van der Waals surface area contributed by atoms with Gasteiger partial charge >= 0.3 is 5.69 Å². The molecular weight excluding hydrogens is 310 g/mol. The lowest BCUT2D eigenvalue weighted by atomic mass is 9.99. The smallest absolute Gasteiger partial charge is 0.311 e. The number of hydrogen-bond donors (Lipinski definition) is 0. The van der Waals surface area contributed by atoms with Gasteiger partial charge in [0, 0.05) is 17.3 Å². The van der Waals surface area contributed by atoms with Crippen LogP contribution in [0.25, 0.3) is 0 Å². The summed E-state index contributed by atoms with van der Waals surface area (Å²) >= 11 is 3.45. The molecule has 0 aliphatic rings. The molecule has 0 radical (unpaired) electrons. The SMILES string of the molecule is CCc1ccc(OCC(CBr)C(C)C)c([N+](=O)[O-])c1. The summed E-state index contributed by atoms with van der Waals surface area (Å²) in [4.78, 5) is 10.7. The van der Waals surface area contributed by atoms with Crippen LogP contribution in [0.1, 0.15) is 26.3 Å². The molecule has 0 aliphatic heterocycles. The summed E-state index contributed by atoms with van der Waals surface area (Å²) in [5, 5.41) is 11.9. The molecule has 1 aromatic carbocycles. The molecule has 0 heterocycles. The minimum absolute atomic E-state index is 0.0522. The summed E-state index contributed by atoms with van der Waals surface area (Å²) in [5.41, 5.74) is 0.997. The van der Waals surface area contributed by atoms with Crippen LogP contribution in [0.5, 0.6) is 5.75 Å². The molecule has 0 amide bonds. The quantitative estimate of drug-likeness (QED) is 0.428. The van der Waals surface area contributed by atoms with Crippen molar-refractivity contribution in [2.75, 3.05) is 11.9 Å². The molecule has 1 atom stereocenters. The van der Waals surface area contributed by atoms with E-state index in [4.69, 9.17) is 4.74 Å². The van der Waals surface area contributed by atoms with E-state index in [1.165, 1.54) is 0 Å². The number of nitrogens with zero attached hydrogens (tertiary/aromatic N) is 1. The van der Waals surface area contributed by atoms with E-state index in [0.717, 1.165) is 17.3 Å². The zero-order valence-corrected chi connectivity index (χ0v) is 13.1. The molecule has 5 heteroatoms. The Morgan fingerprint density at radius 1 is 1.42 bits per heavy atom. The Balaban J connectivity index is 2.85. The maximum atomic E-state index is 11.1. The highest BCUT2D eigenvalue weighted by Gasteiger charge is 2.18. The standard InChI is InChI=1S/C14H20BrNO3/c1-4-11-5-6-14(13(7-11)16(17)18)19-9-12(8-15)10(2)3/h5-7,10,12H,4,8-9H2,1-3H3. The van der Waals surface area contributed by atoms with Gasteiger partial charge in [-0.05, 0) is 24.0 Å². The van der Waals surface area contributed by atoms with Crippen molar-refractivity contribution >= 4 is 21.6 Å². The van der Waals surface area contributed by atoms with Crippen molar-refractivity contribution in [3.8, 4) is 5.75 Å². The van der Waals surface area contributed by atoms with E-state index in [-0.39, 0.29) is 10.6 Å². The fourth-order valence-corrected chi connectivity index (χ4v) is 2.59. The summed E-state index contributed by atoms with van der Waals surface area (Å²) in [7, 11) is 0. The highest BCUT2D eigenvalue weighted by atomic mass is 79.9. The van der Waals surface area contributed by atoms with E-state index >= 15 is 0 Å². The molecule has 106 valence electrons. The third kappa shape index (κ3) is 4.49. The minimum Gasteiger partial charge on any atom is -0.486 e. The number of ether oxygens (including phenoxy) is 1. The van der Waals surface area contributed by atoms with Crippen LogP contribution in [0.2, 0.25) is 0 Å². The predicted molar refractivity (Wildman–Crippen MR) is 80.1 cm³/mol. The summed E-state index contributed by atoms with van der Waals surface area (Å²) < 4.78 is 5.64. The van der Waals surface area contributed by atoms with Crippen LogP contribution >= 0.6 is 15.9 Å². The number of rotatable bonds is 7. The van der Waals surface area contributed by atoms with Crippen molar-refractivity contribution in [2.45, 2.75) is 27.2 Å². The maximum Gasteiger partial charge on any atom is 0.311 e. The Morgan fingerprint density at radius 2 is 2.11 bits per heavy atom. The topological polar surface area (TPSA) is 52.4 Å².